The van der Waals surface area contributed by atoms with Gasteiger partial charge in [-0.2, -0.15) is 0 Å². The summed E-state index contributed by atoms with van der Waals surface area (Å²) in [4.78, 5) is 0. The lowest BCUT2D eigenvalue weighted by Gasteiger charge is -2.10. The number of nitrogens with zero attached hydrogens (tertiary/aromatic N) is 3. The van der Waals surface area contributed by atoms with E-state index >= 15 is 0 Å². The molecular weight excluding hydrogens is 342 g/mol. The highest BCUT2D eigenvalue weighted by Gasteiger charge is 2.14. The molecule has 1 N–H and O–H groups in total. The van der Waals surface area contributed by atoms with Crippen LogP contribution in [0.25, 0.3) is 22.2 Å². The third-order valence-corrected chi connectivity index (χ3v) is 5.49. The fourth-order valence-corrected chi connectivity index (χ4v) is 3.82. The Morgan fingerprint density at radius 2 is 1.65 bits per heavy atom. The first kappa shape index (κ1) is 16.8. The van der Waals surface area contributed by atoms with Gasteiger partial charge < -0.3 is 9.67 Å². The van der Waals surface area contributed by atoms with E-state index in [1.807, 2.05) is 54.1 Å². The second-order valence-corrected chi connectivity index (χ2v) is 7.15. The fraction of sp³-hybridized carbons (Fsp3) is 0.143. The zero-order valence-corrected chi connectivity index (χ0v) is 15.2. The molecule has 0 amide bonds. The lowest BCUT2D eigenvalue weighted by Crippen LogP contribution is -2.02. The van der Waals surface area contributed by atoms with E-state index in [9.17, 15) is 5.11 Å². The van der Waals surface area contributed by atoms with E-state index in [-0.39, 0.29) is 0 Å². The van der Waals surface area contributed by atoms with Crippen LogP contribution in [0.2, 0.25) is 0 Å². The average Bonchev–Trinajstić information content (AvgIpc) is 3.07. The zero-order valence-electron chi connectivity index (χ0n) is 14.4. The van der Waals surface area contributed by atoms with Gasteiger partial charge in [0, 0.05) is 18.4 Å². The molecular formula is C21H19N3OS. The number of fused-ring (bicyclic) bond motifs is 1. The normalized spacial score (nSPS) is 12.4. The molecule has 0 aliphatic carbocycles. The van der Waals surface area contributed by atoms with E-state index in [0.29, 0.717) is 5.75 Å². The highest BCUT2D eigenvalue weighted by atomic mass is 32.2. The molecule has 0 aliphatic heterocycles. The van der Waals surface area contributed by atoms with Gasteiger partial charge in [-0.25, -0.2) is 0 Å². The van der Waals surface area contributed by atoms with E-state index in [1.165, 1.54) is 22.5 Å². The minimum absolute atomic E-state index is 0.526. The Balaban J connectivity index is 1.54. The van der Waals surface area contributed by atoms with Gasteiger partial charge in [0.1, 0.15) is 0 Å². The topological polar surface area (TPSA) is 50.9 Å². The maximum atomic E-state index is 10.3. The van der Waals surface area contributed by atoms with Crippen molar-refractivity contribution in [2.45, 2.75) is 11.3 Å². The molecule has 1 heterocycles. The first-order valence-corrected chi connectivity index (χ1v) is 9.45. The second-order valence-electron chi connectivity index (χ2n) is 6.16. The molecule has 0 spiro atoms. The van der Waals surface area contributed by atoms with Crippen molar-refractivity contribution < 1.29 is 5.11 Å². The number of aromatic nitrogens is 3. The molecule has 4 aromatic rings. The molecule has 26 heavy (non-hydrogen) atoms. The summed E-state index contributed by atoms with van der Waals surface area (Å²) in [5, 5.41) is 22.2. The highest BCUT2D eigenvalue weighted by Crippen LogP contribution is 2.28. The van der Waals surface area contributed by atoms with E-state index in [0.717, 1.165) is 22.1 Å². The summed E-state index contributed by atoms with van der Waals surface area (Å²) >= 11 is 1.51. The van der Waals surface area contributed by atoms with Crippen LogP contribution in [0.4, 0.5) is 0 Å². The maximum absolute atomic E-state index is 10.3. The average molecular weight is 361 g/mol. The summed E-state index contributed by atoms with van der Waals surface area (Å²) in [5.41, 5.74) is 1.95. The number of benzene rings is 3. The lowest BCUT2D eigenvalue weighted by molar-refractivity contribution is 0.204. The Hall–Kier alpha value is -2.63. The molecule has 130 valence electrons. The van der Waals surface area contributed by atoms with Gasteiger partial charge >= 0.3 is 0 Å². The van der Waals surface area contributed by atoms with Crippen LogP contribution >= 0.6 is 11.8 Å². The maximum Gasteiger partial charge on any atom is 0.191 e. The Labute approximate surface area is 156 Å². The predicted molar refractivity (Wildman–Crippen MR) is 106 cm³/mol. The Morgan fingerprint density at radius 3 is 2.46 bits per heavy atom. The molecule has 4 nitrogen and oxygen atoms in total. The first-order chi connectivity index (χ1) is 12.7. The van der Waals surface area contributed by atoms with Gasteiger partial charge in [0.25, 0.3) is 0 Å². The van der Waals surface area contributed by atoms with Crippen LogP contribution < -0.4 is 0 Å². The number of hydrogen-bond donors (Lipinski definition) is 1. The third-order valence-electron chi connectivity index (χ3n) is 4.40. The van der Waals surface area contributed by atoms with Crippen molar-refractivity contribution in [2.75, 3.05) is 5.75 Å². The molecule has 0 fully saturated rings. The largest absolute Gasteiger partial charge is 0.388 e. The number of thioether (sulfide) groups is 1. The quantitative estimate of drug-likeness (QED) is 0.533. The Bertz CT molecular complexity index is 1030. The molecule has 0 saturated carbocycles. The smallest absolute Gasteiger partial charge is 0.191 e. The van der Waals surface area contributed by atoms with Crippen LogP contribution in [-0.2, 0) is 7.05 Å². The molecule has 1 aromatic heterocycles. The van der Waals surface area contributed by atoms with Gasteiger partial charge in [0.05, 0.1) is 6.10 Å². The van der Waals surface area contributed by atoms with E-state index < -0.39 is 6.10 Å². The van der Waals surface area contributed by atoms with E-state index in [2.05, 4.69) is 40.5 Å². The molecule has 1 atom stereocenters. The Morgan fingerprint density at radius 1 is 0.923 bits per heavy atom. The van der Waals surface area contributed by atoms with Crippen LogP contribution in [0.5, 0.6) is 0 Å². The fourth-order valence-electron chi connectivity index (χ4n) is 2.95. The van der Waals surface area contributed by atoms with E-state index in [1.54, 1.807) is 0 Å². The summed E-state index contributed by atoms with van der Waals surface area (Å²) in [5.74, 6) is 1.36. The van der Waals surface area contributed by atoms with Crippen molar-refractivity contribution in [2.24, 2.45) is 7.05 Å². The molecule has 0 unspecified atom stereocenters. The standard InChI is InChI=1S/C21H19N3OS/c1-24-20(18-12-11-15-7-5-6-10-17(15)13-18)22-23-21(24)26-14-19(25)16-8-3-2-4-9-16/h2-13,19,25H,14H2,1H3/t19-/m0/s1. The highest BCUT2D eigenvalue weighted by molar-refractivity contribution is 7.99. The lowest BCUT2D eigenvalue weighted by atomic mass is 10.1. The minimum Gasteiger partial charge on any atom is -0.388 e. The zero-order chi connectivity index (χ0) is 17.9. The summed E-state index contributed by atoms with van der Waals surface area (Å²) < 4.78 is 1.98. The Kier molecular flexibility index (Phi) is 4.73. The molecule has 0 saturated heterocycles. The summed E-state index contributed by atoms with van der Waals surface area (Å²) in [6, 6.07) is 24.3. The van der Waals surface area contributed by atoms with Crippen LogP contribution in [0.15, 0.2) is 78.0 Å². The number of aliphatic hydroxyl groups is 1. The first-order valence-electron chi connectivity index (χ1n) is 8.47. The third kappa shape index (κ3) is 3.36. The van der Waals surface area contributed by atoms with Gasteiger partial charge in [-0.1, -0.05) is 78.5 Å². The molecule has 0 aliphatic rings. The number of aliphatic hydroxyl groups excluding tert-OH is 1. The van der Waals surface area contributed by atoms with Crippen molar-refractivity contribution in [1.29, 1.82) is 0 Å². The summed E-state index contributed by atoms with van der Waals surface area (Å²) in [6.07, 6.45) is -0.526. The van der Waals surface area contributed by atoms with Crippen molar-refractivity contribution in [3.8, 4) is 11.4 Å². The van der Waals surface area contributed by atoms with E-state index in [4.69, 9.17) is 0 Å². The van der Waals surface area contributed by atoms with Crippen LogP contribution in [-0.4, -0.2) is 25.6 Å². The number of hydrogen-bond acceptors (Lipinski definition) is 4. The SMILES string of the molecule is Cn1c(SC[C@H](O)c2ccccc2)nnc1-c1ccc2ccccc2c1. The number of rotatable bonds is 5. The monoisotopic (exact) mass is 361 g/mol. The molecule has 4 rings (SSSR count). The van der Waals surface area contributed by atoms with Crippen molar-refractivity contribution in [3.63, 3.8) is 0 Å². The second kappa shape index (κ2) is 7.32. The van der Waals surface area contributed by atoms with Gasteiger partial charge in [-0.15, -0.1) is 10.2 Å². The molecule has 0 radical (unpaired) electrons. The van der Waals surface area contributed by atoms with Gasteiger partial charge in [0.2, 0.25) is 0 Å². The van der Waals surface area contributed by atoms with Crippen LogP contribution in [0.3, 0.4) is 0 Å². The minimum atomic E-state index is -0.526. The van der Waals surface area contributed by atoms with Crippen molar-refractivity contribution in [3.05, 3.63) is 78.4 Å². The molecule has 0 bridgehead atoms. The summed E-state index contributed by atoms with van der Waals surface area (Å²) in [7, 11) is 1.96. The summed E-state index contributed by atoms with van der Waals surface area (Å²) in [6.45, 7) is 0. The van der Waals surface area contributed by atoms with Gasteiger partial charge in [-0.3, -0.25) is 0 Å². The van der Waals surface area contributed by atoms with Gasteiger partial charge in [-0.05, 0) is 22.4 Å². The molecule has 5 heteroatoms. The molecule has 3 aromatic carbocycles. The van der Waals surface area contributed by atoms with Crippen molar-refractivity contribution >= 4 is 22.5 Å². The van der Waals surface area contributed by atoms with Gasteiger partial charge in [0.15, 0.2) is 11.0 Å². The van der Waals surface area contributed by atoms with Crippen LogP contribution in [0.1, 0.15) is 11.7 Å². The van der Waals surface area contributed by atoms with Crippen LogP contribution in [0, 0.1) is 0 Å². The van der Waals surface area contributed by atoms with Crippen molar-refractivity contribution in [1.82, 2.24) is 14.8 Å². The predicted octanol–water partition coefficient (Wildman–Crippen LogP) is 4.46.